The Labute approximate surface area is 81.1 Å². The maximum atomic E-state index is 4.27. The van der Waals surface area contributed by atoms with Gasteiger partial charge in [0.25, 0.3) is 0 Å². The van der Waals surface area contributed by atoms with Crippen LogP contribution in [0.15, 0.2) is 42.3 Å². The van der Waals surface area contributed by atoms with Gasteiger partial charge in [-0.05, 0) is 19.1 Å². The fourth-order valence-corrected chi connectivity index (χ4v) is 1.07. The van der Waals surface area contributed by atoms with Crippen LogP contribution in [0.5, 0.6) is 0 Å². The van der Waals surface area contributed by atoms with E-state index < -0.39 is 0 Å². The molecular formula is C9H9N5. The second-order valence-corrected chi connectivity index (χ2v) is 2.76. The predicted octanol–water partition coefficient (Wildman–Crippen LogP) is 0.945. The molecule has 0 aromatic carbocycles. The highest BCUT2D eigenvalue weighted by Crippen LogP contribution is 1.99. The maximum absolute atomic E-state index is 4.27. The first-order valence-electron chi connectivity index (χ1n) is 4.17. The van der Waals surface area contributed by atoms with E-state index in [-0.39, 0.29) is 0 Å². The number of hydrogen-bond donors (Lipinski definition) is 0. The summed E-state index contributed by atoms with van der Waals surface area (Å²) in [6, 6.07) is 3.81. The smallest absolute Gasteiger partial charge is 0.141 e. The molecule has 0 aliphatic carbocycles. The highest BCUT2D eigenvalue weighted by Gasteiger charge is 1.95. The molecule has 2 aromatic rings. The van der Waals surface area contributed by atoms with E-state index in [2.05, 4.69) is 20.3 Å². The zero-order valence-electron chi connectivity index (χ0n) is 7.70. The van der Waals surface area contributed by atoms with Gasteiger partial charge < -0.3 is 0 Å². The maximum Gasteiger partial charge on any atom is 0.141 e. The first-order valence-corrected chi connectivity index (χ1v) is 4.17. The number of nitrogens with zero attached hydrogens (tertiary/aromatic N) is 5. The van der Waals surface area contributed by atoms with Gasteiger partial charge >= 0.3 is 0 Å². The minimum absolute atomic E-state index is 0.896. The summed E-state index contributed by atoms with van der Waals surface area (Å²) in [7, 11) is 0. The first-order chi connectivity index (χ1) is 6.86. The van der Waals surface area contributed by atoms with Crippen LogP contribution in [0.1, 0.15) is 12.5 Å². The van der Waals surface area contributed by atoms with Crippen LogP contribution in [-0.2, 0) is 0 Å². The minimum atomic E-state index is 0.896. The lowest BCUT2D eigenvalue weighted by molar-refractivity contribution is 0.870. The molecule has 2 rings (SSSR count). The molecule has 0 saturated heterocycles. The molecule has 70 valence electrons. The highest BCUT2D eigenvalue weighted by atomic mass is 15.4. The van der Waals surface area contributed by atoms with Crippen LogP contribution in [0.25, 0.3) is 0 Å². The summed E-state index contributed by atoms with van der Waals surface area (Å²) in [5, 5.41) is 11.6. The molecule has 0 bridgehead atoms. The summed E-state index contributed by atoms with van der Waals surface area (Å²) < 4.78 is 1.57. The van der Waals surface area contributed by atoms with Crippen molar-refractivity contribution in [1.82, 2.24) is 19.9 Å². The fraction of sp³-hybridized carbons (Fsp3) is 0.111. The molecule has 0 aliphatic heterocycles. The van der Waals surface area contributed by atoms with Gasteiger partial charge in [-0.3, -0.25) is 4.98 Å². The van der Waals surface area contributed by atoms with E-state index in [0.717, 1.165) is 11.3 Å². The summed E-state index contributed by atoms with van der Waals surface area (Å²) in [5.74, 6) is 0. The van der Waals surface area contributed by atoms with E-state index in [0.29, 0.717) is 0 Å². The van der Waals surface area contributed by atoms with Crippen LogP contribution in [0.4, 0.5) is 0 Å². The molecule has 0 unspecified atom stereocenters. The molecule has 2 aromatic heterocycles. The van der Waals surface area contributed by atoms with Gasteiger partial charge in [-0.25, -0.2) is 4.68 Å². The van der Waals surface area contributed by atoms with Crippen molar-refractivity contribution < 1.29 is 0 Å². The van der Waals surface area contributed by atoms with Crippen LogP contribution in [0.3, 0.4) is 0 Å². The Hall–Kier alpha value is -2.04. The van der Waals surface area contributed by atoms with Gasteiger partial charge in [0.2, 0.25) is 0 Å². The second-order valence-electron chi connectivity index (χ2n) is 2.76. The lowest BCUT2D eigenvalue weighted by atomic mass is 10.2. The van der Waals surface area contributed by atoms with E-state index in [4.69, 9.17) is 0 Å². The molecule has 0 radical (unpaired) electrons. The van der Waals surface area contributed by atoms with E-state index in [1.807, 2.05) is 19.1 Å². The number of hydrogen-bond acceptors (Lipinski definition) is 4. The van der Waals surface area contributed by atoms with Crippen molar-refractivity contribution in [1.29, 1.82) is 0 Å². The largest absolute Gasteiger partial charge is 0.265 e. The number of aromatic nitrogens is 4. The number of pyridine rings is 1. The summed E-state index contributed by atoms with van der Waals surface area (Å²) in [4.78, 5) is 3.94. The van der Waals surface area contributed by atoms with Gasteiger partial charge in [-0.1, -0.05) is 0 Å². The van der Waals surface area contributed by atoms with Crippen LogP contribution in [-0.4, -0.2) is 25.6 Å². The average Bonchev–Trinajstić information content (AvgIpc) is 2.72. The molecule has 2 heterocycles. The van der Waals surface area contributed by atoms with Crippen molar-refractivity contribution >= 4 is 5.71 Å². The molecule has 0 spiro atoms. The molecule has 0 atom stereocenters. The number of rotatable bonds is 2. The molecule has 0 N–H and O–H groups in total. The molecule has 5 heteroatoms. The van der Waals surface area contributed by atoms with E-state index in [9.17, 15) is 0 Å². The lowest BCUT2D eigenvalue weighted by Gasteiger charge is -1.98. The van der Waals surface area contributed by atoms with Crippen molar-refractivity contribution in [2.24, 2.45) is 5.10 Å². The van der Waals surface area contributed by atoms with Crippen molar-refractivity contribution in [3.05, 3.63) is 42.7 Å². The van der Waals surface area contributed by atoms with E-state index in [1.54, 1.807) is 29.7 Å². The SMILES string of the molecule is CC(=Nn1cnnc1)c1ccncc1. The van der Waals surface area contributed by atoms with Crippen molar-refractivity contribution in [2.75, 3.05) is 0 Å². The van der Waals surface area contributed by atoms with Crippen molar-refractivity contribution in [3.63, 3.8) is 0 Å². The Kier molecular flexibility index (Phi) is 2.31. The standard InChI is InChI=1S/C9H9N5/c1-8(9-2-4-10-5-3-9)13-14-6-11-12-7-14/h2-7H,1H3. The van der Waals surface area contributed by atoms with Gasteiger partial charge in [0.15, 0.2) is 0 Å². The normalized spacial score (nSPS) is 11.6. The third-order valence-electron chi connectivity index (χ3n) is 1.77. The quantitative estimate of drug-likeness (QED) is 0.657. The Balaban J connectivity index is 2.29. The topological polar surface area (TPSA) is 56.0 Å². The third-order valence-corrected chi connectivity index (χ3v) is 1.77. The third kappa shape index (κ3) is 1.82. The monoisotopic (exact) mass is 187 g/mol. The van der Waals surface area contributed by atoms with Gasteiger partial charge in [0, 0.05) is 18.0 Å². The van der Waals surface area contributed by atoms with Crippen molar-refractivity contribution in [3.8, 4) is 0 Å². The van der Waals surface area contributed by atoms with Crippen LogP contribution >= 0.6 is 0 Å². The summed E-state index contributed by atoms with van der Waals surface area (Å²) >= 11 is 0. The molecular weight excluding hydrogens is 178 g/mol. The molecule has 0 aliphatic rings. The lowest BCUT2D eigenvalue weighted by Crippen LogP contribution is -1.98. The Morgan fingerprint density at radius 1 is 1.21 bits per heavy atom. The van der Waals surface area contributed by atoms with Gasteiger partial charge in [0.05, 0.1) is 5.71 Å². The fourth-order valence-electron chi connectivity index (χ4n) is 1.07. The first kappa shape index (κ1) is 8.55. The van der Waals surface area contributed by atoms with Gasteiger partial charge in [0.1, 0.15) is 12.7 Å². The zero-order valence-corrected chi connectivity index (χ0v) is 7.70. The van der Waals surface area contributed by atoms with Gasteiger partial charge in [-0.15, -0.1) is 10.2 Å². The summed E-state index contributed by atoms with van der Waals surface area (Å²) in [5.41, 5.74) is 1.93. The zero-order chi connectivity index (χ0) is 9.80. The average molecular weight is 187 g/mol. The van der Waals surface area contributed by atoms with Gasteiger partial charge in [-0.2, -0.15) is 5.10 Å². The predicted molar refractivity (Wildman–Crippen MR) is 51.9 cm³/mol. The van der Waals surface area contributed by atoms with Crippen LogP contribution in [0, 0.1) is 0 Å². The van der Waals surface area contributed by atoms with E-state index in [1.165, 1.54) is 0 Å². The molecule has 0 amide bonds. The summed E-state index contributed by atoms with van der Waals surface area (Å²) in [6.45, 7) is 1.93. The van der Waals surface area contributed by atoms with Crippen LogP contribution in [0.2, 0.25) is 0 Å². The Bertz CT molecular complexity index is 418. The van der Waals surface area contributed by atoms with E-state index >= 15 is 0 Å². The molecule has 0 saturated carbocycles. The highest BCUT2D eigenvalue weighted by molar-refractivity contribution is 5.98. The van der Waals surface area contributed by atoms with Crippen molar-refractivity contribution in [2.45, 2.75) is 6.92 Å². The molecule has 0 fully saturated rings. The van der Waals surface area contributed by atoms with Crippen LogP contribution < -0.4 is 0 Å². The Morgan fingerprint density at radius 2 is 1.86 bits per heavy atom. The summed E-state index contributed by atoms with van der Waals surface area (Å²) in [6.07, 6.45) is 6.57. The molecule has 5 nitrogen and oxygen atoms in total. The molecule has 14 heavy (non-hydrogen) atoms. The second kappa shape index (κ2) is 3.78. The Morgan fingerprint density at radius 3 is 2.50 bits per heavy atom. The minimum Gasteiger partial charge on any atom is -0.265 e.